The summed E-state index contributed by atoms with van der Waals surface area (Å²) in [7, 11) is 0. The van der Waals surface area contributed by atoms with E-state index in [-0.39, 0.29) is 6.04 Å². The largest absolute Gasteiger partial charge is 0.444 e. The number of halogens is 1. The highest BCUT2D eigenvalue weighted by molar-refractivity contribution is 6.30. The number of rotatable bonds is 3. The van der Waals surface area contributed by atoms with Crippen LogP contribution in [0, 0.1) is 0 Å². The number of aromatic nitrogens is 1. The van der Waals surface area contributed by atoms with Crippen LogP contribution in [0.15, 0.2) is 34.9 Å². The summed E-state index contributed by atoms with van der Waals surface area (Å²) in [5.74, 6) is 1.73. The van der Waals surface area contributed by atoms with Gasteiger partial charge in [0.2, 0.25) is 5.89 Å². The number of hydrogen-bond acceptors (Lipinski definition) is 3. The average molecular weight is 277 g/mol. The summed E-state index contributed by atoms with van der Waals surface area (Å²) in [5.41, 5.74) is 1.18. The van der Waals surface area contributed by atoms with E-state index in [0.29, 0.717) is 0 Å². The zero-order valence-corrected chi connectivity index (χ0v) is 11.5. The average Bonchev–Trinajstić information content (AvgIpc) is 2.91. The van der Waals surface area contributed by atoms with Gasteiger partial charge in [0.15, 0.2) is 0 Å². The van der Waals surface area contributed by atoms with Gasteiger partial charge in [0.05, 0.1) is 12.2 Å². The third kappa shape index (κ3) is 3.17. The van der Waals surface area contributed by atoms with Gasteiger partial charge in [0, 0.05) is 11.4 Å². The van der Waals surface area contributed by atoms with Crippen molar-refractivity contribution in [2.45, 2.75) is 31.7 Å². The lowest BCUT2D eigenvalue weighted by atomic mass is 10.1. The Morgan fingerprint density at radius 3 is 2.84 bits per heavy atom. The molecule has 0 saturated carbocycles. The van der Waals surface area contributed by atoms with Crippen molar-refractivity contribution in [2.75, 3.05) is 6.54 Å². The number of hydrogen-bond donors (Lipinski definition) is 1. The minimum atomic E-state index is 0.285. The number of nitrogens with one attached hydrogen (secondary N) is 1. The van der Waals surface area contributed by atoms with E-state index in [1.807, 2.05) is 30.5 Å². The van der Waals surface area contributed by atoms with Gasteiger partial charge in [-0.25, -0.2) is 4.98 Å². The van der Waals surface area contributed by atoms with E-state index in [1.165, 1.54) is 18.4 Å². The summed E-state index contributed by atoms with van der Waals surface area (Å²) < 4.78 is 5.85. The highest BCUT2D eigenvalue weighted by Crippen LogP contribution is 2.23. The Labute approximate surface area is 118 Å². The van der Waals surface area contributed by atoms with Gasteiger partial charge in [-0.3, -0.25) is 0 Å². The van der Waals surface area contributed by atoms with Gasteiger partial charge in [-0.05, 0) is 37.1 Å². The maximum atomic E-state index is 5.88. The van der Waals surface area contributed by atoms with Crippen LogP contribution in [0.4, 0.5) is 0 Å². The third-order valence-corrected chi connectivity index (χ3v) is 3.72. The second-order valence-electron chi connectivity index (χ2n) is 4.97. The second kappa shape index (κ2) is 5.76. The molecule has 1 unspecified atom stereocenters. The molecule has 4 heteroatoms. The Morgan fingerprint density at radius 2 is 2.11 bits per heavy atom. The summed E-state index contributed by atoms with van der Waals surface area (Å²) in [4.78, 5) is 4.40. The van der Waals surface area contributed by atoms with Crippen LogP contribution >= 0.6 is 11.6 Å². The molecule has 2 heterocycles. The van der Waals surface area contributed by atoms with Crippen molar-refractivity contribution in [3.63, 3.8) is 0 Å². The van der Waals surface area contributed by atoms with Gasteiger partial charge in [-0.1, -0.05) is 30.2 Å². The summed E-state index contributed by atoms with van der Waals surface area (Å²) in [6.07, 6.45) is 6.19. The number of oxazole rings is 1. The van der Waals surface area contributed by atoms with Gasteiger partial charge in [-0.15, -0.1) is 0 Å². The molecule has 0 amide bonds. The SMILES string of the molecule is Clc1ccc(Cc2cnc(C3CCCCN3)o2)cc1. The predicted octanol–water partition coefficient (Wildman–Crippen LogP) is 3.73. The number of benzene rings is 1. The highest BCUT2D eigenvalue weighted by Gasteiger charge is 2.19. The Bertz CT molecular complexity index is 529. The van der Waals surface area contributed by atoms with E-state index in [4.69, 9.17) is 16.0 Å². The Morgan fingerprint density at radius 1 is 1.26 bits per heavy atom. The quantitative estimate of drug-likeness (QED) is 0.928. The van der Waals surface area contributed by atoms with Gasteiger partial charge >= 0.3 is 0 Å². The molecule has 3 rings (SSSR count). The molecule has 3 nitrogen and oxygen atoms in total. The smallest absolute Gasteiger partial charge is 0.211 e. The van der Waals surface area contributed by atoms with Crippen molar-refractivity contribution >= 4 is 11.6 Å². The Kier molecular flexibility index (Phi) is 3.85. The summed E-state index contributed by atoms with van der Waals surface area (Å²) >= 11 is 5.88. The molecule has 1 fully saturated rings. The number of piperidine rings is 1. The van der Waals surface area contributed by atoms with E-state index in [0.717, 1.165) is 36.1 Å². The normalized spacial score (nSPS) is 19.5. The standard InChI is InChI=1S/C15H17ClN2O/c16-12-6-4-11(5-7-12)9-13-10-18-15(19-13)14-3-1-2-8-17-14/h4-7,10,14,17H,1-3,8-9H2. The van der Waals surface area contributed by atoms with Crippen LogP contribution in [0.1, 0.15) is 42.5 Å². The van der Waals surface area contributed by atoms with Crippen molar-refractivity contribution in [1.82, 2.24) is 10.3 Å². The molecule has 100 valence electrons. The van der Waals surface area contributed by atoms with E-state index < -0.39 is 0 Å². The molecule has 0 spiro atoms. The molecule has 0 bridgehead atoms. The minimum absolute atomic E-state index is 0.285. The van der Waals surface area contributed by atoms with Gasteiger partial charge in [0.25, 0.3) is 0 Å². The fourth-order valence-corrected chi connectivity index (χ4v) is 2.56. The van der Waals surface area contributed by atoms with E-state index >= 15 is 0 Å². The van der Waals surface area contributed by atoms with Crippen LogP contribution in [0.5, 0.6) is 0 Å². The molecule has 0 aliphatic carbocycles. The fraction of sp³-hybridized carbons (Fsp3) is 0.400. The predicted molar refractivity (Wildman–Crippen MR) is 75.4 cm³/mol. The zero-order chi connectivity index (χ0) is 13.1. The fourth-order valence-electron chi connectivity index (χ4n) is 2.43. The number of nitrogens with zero attached hydrogens (tertiary/aromatic N) is 1. The lowest BCUT2D eigenvalue weighted by molar-refractivity contribution is 0.331. The maximum absolute atomic E-state index is 5.88. The Hall–Kier alpha value is -1.32. The van der Waals surface area contributed by atoms with Gasteiger partial charge in [-0.2, -0.15) is 0 Å². The van der Waals surface area contributed by atoms with Crippen LogP contribution in [0.3, 0.4) is 0 Å². The first-order chi connectivity index (χ1) is 9.31. The molecule has 1 aromatic heterocycles. The summed E-state index contributed by atoms with van der Waals surface area (Å²) in [5, 5.41) is 4.20. The highest BCUT2D eigenvalue weighted by atomic mass is 35.5. The molecular weight excluding hydrogens is 260 g/mol. The van der Waals surface area contributed by atoms with Crippen LogP contribution in [-0.2, 0) is 6.42 Å². The summed E-state index contributed by atoms with van der Waals surface area (Å²) in [6.45, 7) is 1.06. The van der Waals surface area contributed by atoms with Crippen molar-refractivity contribution in [3.8, 4) is 0 Å². The van der Waals surface area contributed by atoms with E-state index in [9.17, 15) is 0 Å². The molecule has 2 aromatic rings. The Balaban J connectivity index is 1.68. The molecule has 1 N–H and O–H groups in total. The molecular formula is C15H17ClN2O. The van der Waals surface area contributed by atoms with Crippen molar-refractivity contribution < 1.29 is 4.42 Å². The van der Waals surface area contributed by atoms with Gasteiger partial charge in [0.1, 0.15) is 5.76 Å². The molecule has 1 aliphatic rings. The minimum Gasteiger partial charge on any atom is -0.444 e. The van der Waals surface area contributed by atoms with Gasteiger partial charge < -0.3 is 9.73 Å². The van der Waals surface area contributed by atoms with E-state index in [1.54, 1.807) is 0 Å². The molecule has 19 heavy (non-hydrogen) atoms. The van der Waals surface area contributed by atoms with Crippen LogP contribution in [0.25, 0.3) is 0 Å². The monoisotopic (exact) mass is 276 g/mol. The molecule has 1 aromatic carbocycles. The lowest BCUT2D eigenvalue weighted by Gasteiger charge is -2.20. The van der Waals surface area contributed by atoms with Crippen LogP contribution < -0.4 is 5.32 Å². The first kappa shape index (κ1) is 12.7. The van der Waals surface area contributed by atoms with Crippen molar-refractivity contribution in [1.29, 1.82) is 0 Å². The summed E-state index contributed by atoms with van der Waals surface area (Å²) in [6, 6.07) is 8.12. The van der Waals surface area contributed by atoms with Crippen LogP contribution in [0.2, 0.25) is 5.02 Å². The third-order valence-electron chi connectivity index (χ3n) is 3.47. The van der Waals surface area contributed by atoms with Crippen molar-refractivity contribution in [2.24, 2.45) is 0 Å². The molecule has 1 aliphatic heterocycles. The second-order valence-corrected chi connectivity index (χ2v) is 5.41. The van der Waals surface area contributed by atoms with E-state index in [2.05, 4.69) is 10.3 Å². The lowest BCUT2D eigenvalue weighted by Crippen LogP contribution is -2.26. The van der Waals surface area contributed by atoms with Crippen molar-refractivity contribution in [3.05, 3.63) is 52.7 Å². The first-order valence-corrected chi connectivity index (χ1v) is 7.11. The first-order valence-electron chi connectivity index (χ1n) is 6.74. The topological polar surface area (TPSA) is 38.1 Å². The maximum Gasteiger partial charge on any atom is 0.211 e. The molecule has 1 atom stereocenters. The molecule has 1 saturated heterocycles. The zero-order valence-electron chi connectivity index (χ0n) is 10.7. The molecule has 0 radical (unpaired) electrons. The van der Waals surface area contributed by atoms with Crippen LogP contribution in [-0.4, -0.2) is 11.5 Å².